The van der Waals surface area contributed by atoms with E-state index in [1.165, 1.54) is 5.01 Å². The minimum absolute atomic E-state index is 0.0680. The van der Waals surface area contributed by atoms with Crippen LogP contribution in [-0.2, 0) is 14.4 Å². The number of carbonyl (C=O) groups is 3. The fraction of sp³-hybridized carbons (Fsp3) is 0.444. The van der Waals surface area contributed by atoms with Crippen molar-refractivity contribution in [2.75, 3.05) is 25.5 Å². The van der Waals surface area contributed by atoms with Crippen molar-refractivity contribution in [1.29, 1.82) is 0 Å². The third-order valence-electron chi connectivity index (χ3n) is 4.57. The maximum absolute atomic E-state index is 12.7. The molecule has 3 amide bonds. The Hall–Kier alpha value is -2.70. The molecule has 7 nitrogen and oxygen atoms in total. The van der Waals surface area contributed by atoms with Gasteiger partial charge in [-0.15, -0.1) is 0 Å². The normalized spacial score (nSPS) is 20.9. The van der Waals surface area contributed by atoms with Gasteiger partial charge in [0.25, 0.3) is 5.91 Å². The molecule has 132 valence electrons. The number of amides is 3. The molecule has 2 heterocycles. The Bertz CT molecular complexity index is 702. The minimum Gasteiger partial charge on any atom is -0.337 e. The molecule has 1 aromatic carbocycles. The van der Waals surface area contributed by atoms with Crippen molar-refractivity contribution in [3.63, 3.8) is 0 Å². The van der Waals surface area contributed by atoms with Gasteiger partial charge in [-0.3, -0.25) is 14.4 Å². The highest BCUT2D eigenvalue weighted by Gasteiger charge is 2.32. The summed E-state index contributed by atoms with van der Waals surface area (Å²) in [5, 5.41) is 8.21. The zero-order valence-electron chi connectivity index (χ0n) is 14.3. The van der Waals surface area contributed by atoms with E-state index in [4.69, 9.17) is 0 Å². The largest absolute Gasteiger partial charge is 0.337 e. The zero-order valence-corrected chi connectivity index (χ0v) is 14.3. The number of benzene rings is 1. The molecule has 0 aromatic heterocycles. The third-order valence-corrected chi connectivity index (χ3v) is 4.57. The molecule has 0 saturated carbocycles. The lowest BCUT2D eigenvalue weighted by Crippen LogP contribution is -2.47. The Morgan fingerprint density at radius 2 is 1.96 bits per heavy atom. The number of nitrogens with one attached hydrogen (secondary N) is 1. The molecular formula is C18H22N4O3. The molecule has 2 aliphatic rings. The van der Waals surface area contributed by atoms with Gasteiger partial charge >= 0.3 is 0 Å². The number of hydrogen-bond donors (Lipinski definition) is 1. The highest BCUT2D eigenvalue weighted by Crippen LogP contribution is 2.20. The second-order valence-electron chi connectivity index (χ2n) is 6.41. The number of piperidine rings is 1. The maximum Gasteiger partial charge on any atom is 0.270 e. The van der Waals surface area contributed by atoms with Crippen LogP contribution >= 0.6 is 0 Å². The van der Waals surface area contributed by atoms with Crippen LogP contribution < -0.4 is 5.32 Å². The van der Waals surface area contributed by atoms with E-state index < -0.39 is 0 Å². The molecule has 1 N–H and O–H groups in total. The smallest absolute Gasteiger partial charge is 0.270 e. The predicted molar refractivity (Wildman–Crippen MR) is 93.8 cm³/mol. The van der Waals surface area contributed by atoms with Gasteiger partial charge in [0.15, 0.2) is 0 Å². The first-order valence-corrected chi connectivity index (χ1v) is 8.54. The van der Waals surface area contributed by atoms with E-state index in [1.807, 2.05) is 30.3 Å². The van der Waals surface area contributed by atoms with Crippen LogP contribution in [0.2, 0.25) is 0 Å². The highest BCUT2D eigenvalue weighted by molar-refractivity contribution is 6.39. The monoisotopic (exact) mass is 342 g/mol. The zero-order chi connectivity index (χ0) is 17.8. The van der Waals surface area contributed by atoms with Gasteiger partial charge in [0.2, 0.25) is 11.8 Å². The van der Waals surface area contributed by atoms with Crippen molar-refractivity contribution in [2.24, 2.45) is 11.0 Å². The summed E-state index contributed by atoms with van der Waals surface area (Å²) in [4.78, 5) is 38.3. The van der Waals surface area contributed by atoms with Gasteiger partial charge in [-0.1, -0.05) is 18.2 Å². The summed E-state index contributed by atoms with van der Waals surface area (Å²) in [5.74, 6) is -0.560. The van der Waals surface area contributed by atoms with Crippen LogP contribution in [-0.4, -0.2) is 53.5 Å². The highest BCUT2D eigenvalue weighted by atomic mass is 16.2. The van der Waals surface area contributed by atoms with Crippen molar-refractivity contribution < 1.29 is 14.4 Å². The SMILES string of the molecule is CN1N=C(C(=O)N2CCCC(C(=O)Nc3ccccc3)C2)CCC1=O. The summed E-state index contributed by atoms with van der Waals surface area (Å²) in [7, 11) is 1.56. The molecule has 2 aliphatic heterocycles. The summed E-state index contributed by atoms with van der Waals surface area (Å²) >= 11 is 0. The van der Waals surface area contributed by atoms with E-state index in [0.717, 1.165) is 18.5 Å². The second kappa shape index (κ2) is 7.46. The molecule has 1 unspecified atom stereocenters. The molecule has 1 aromatic rings. The van der Waals surface area contributed by atoms with Gasteiger partial charge in [-0.25, -0.2) is 5.01 Å². The van der Waals surface area contributed by atoms with Gasteiger partial charge < -0.3 is 10.2 Å². The van der Waals surface area contributed by atoms with Gasteiger partial charge in [0.05, 0.1) is 5.92 Å². The lowest BCUT2D eigenvalue weighted by molar-refractivity contribution is -0.131. The number of hydrazone groups is 1. The van der Waals surface area contributed by atoms with Crippen LogP contribution in [0, 0.1) is 5.92 Å². The molecular weight excluding hydrogens is 320 g/mol. The summed E-state index contributed by atoms with van der Waals surface area (Å²) in [6, 6.07) is 9.31. The Labute approximate surface area is 146 Å². The molecule has 7 heteroatoms. The molecule has 25 heavy (non-hydrogen) atoms. The summed E-state index contributed by atoms with van der Waals surface area (Å²) in [6.07, 6.45) is 2.19. The van der Waals surface area contributed by atoms with Gasteiger partial charge in [-0.2, -0.15) is 5.10 Å². The van der Waals surface area contributed by atoms with Crippen molar-refractivity contribution >= 4 is 29.1 Å². The Balaban J connectivity index is 1.63. The number of likely N-dealkylation sites (tertiary alicyclic amines) is 1. The van der Waals surface area contributed by atoms with E-state index in [1.54, 1.807) is 11.9 Å². The minimum atomic E-state index is -0.235. The average Bonchev–Trinajstić information content (AvgIpc) is 2.64. The van der Waals surface area contributed by atoms with Crippen molar-refractivity contribution in [2.45, 2.75) is 25.7 Å². The topological polar surface area (TPSA) is 82.1 Å². The lowest BCUT2D eigenvalue weighted by Gasteiger charge is -2.33. The first-order chi connectivity index (χ1) is 12.0. The van der Waals surface area contributed by atoms with Crippen LogP contribution in [0.4, 0.5) is 5.69 Å². The number of para-hydroxylation sites is 1. The van der Waals surface area contributed by atoms with Gasteiger partial charge in [0.1, 0.15) is 5.71 Å². The van der Waals surface area contributed by atoms with E-state index in [9.17, 15) is 14.4 Å². The summed E-state index contributed by atoms with van der Waals surface area (Å²) in [5.41, 5.74) is 1.15. The second-order valence-corrected chi connectivity index (χ2v) is 6.41. The van der Waals surface area contributed by atoms with Crippen LogP contribution in [0.15, 0.2) is 35.4 Å². The molecule has 0 bridgehead atoms. The number of nitrogens with zero attached hydrogens (tertiary/aromatic N) is 3. The number of carbonyl (C=O) groups excluding carboxylic acids is 3. The van der Waals surface area contributed by atoms with Crippen LogP contribution in [0.1, 0.15) is 25.7 Å². The third kappa shape index (κ3) is 4.04. The number of anilines is 1. The molecule has 1 atom stereocenters. The summed E-state index contributed by atoms with van der Waals surface area (Å²) < 4.78 is 0. The Morgan fingerprint density at radius 1 is 1.20 bits per heavy atom. The molecule has 3 rings (SSSR count). The maximum atomic E-state index is 12.7. The quantitative estimate of drug-likeness (QED) is 0.903. The molecule has 0 radical (unpaired) electrons. The molecule has 0 spiro atoms. The van der Waals surface area contributed by atoms with Crippen LogP contribution in [0.3, 0.4) is 0 Å². The fourth-order valence-electron chi connectivity index (χ4n) is 3.15. The van der Waals surface area contributed by atoms with E-state index >= 15 is 0 Å². The first-order valence-electron chi connectivity index (χ1n) is 8.54. The van der Waals surface area contributed by atoms with Crippen LogP contribution in [0.25, 0.3) is 0 Å². The van der Waals surface area contributed by atoms with Crippen molar-refractivity contribution in [3.8, 4) is 0 Å². The van der Waals surface area contributed by atoms with E-state index in [0.29, 0.717) is 31.6 Å². The molecule has 1 saturated heterocycles. The van der Waals surface area contributed by atoms with E-state index in [-0.39, 0.29) is 23.6 Å². The van der Waals surface area contributed by atoms with Gasteiger partial charge in [-0.05, 0) is 25.0 Å². The summed E-state index contributed by atoms with van der Waals surface area (Å²) in [6.45, 7) is 0.999. The molecule has 0 aliphatic carbocycles. The van der Waals surface area contributed by atoms with E-state index in [2.05, 4.69) is 10.4 Å². The standard InChI is InChI=1S/C18H22N4O3/c1-21-16(23)10-9-15(20-21)18(25)22-11-5-6-13(12-22)17(24)19-14-7-3-2-4-8-14/h2-4,7-8,13H,5-6,9-12H2,1H3,(H,19,24). The number of hydrogen-bond acceptors (Lipinski definition) is 4. The molecule has 1 fully saturated rings. The predicted octanol–water partition coefficient (Wildman–Crippen LogP) is 1.47. The Morgan fingerprint density at radius 3 is 2.68 bits per heavy atom. The van der Waals surface area contributed by atoms with Crippen LogP contribution in [0.5, 0.6) is 0 Å². The van der Waals surface area contributed by atoms with Crippen molar-refractivity contribution in [3.05, 3.63) is 30.3 Å². The van der Waals surface area contributed by atoms with Gasteiger partial charge in [0, 0.05) is 38.7 Å². The number of rotatable bonds is 3. The Kier molecular flexibility index (Phi) is 5.11. The fourth-order valence-corrected chi connectivity index (χ4v) is 3.15. The van der Waals surface area contributed by atoms with Crippen molar-refractivity contribution in [1.82, 2.24) is 9.91 Å². The first kappa shape index (κ1) is 17.1. The lowest BCUT2D eigenvalue weighted by atomic mass is 9.96. The average molecular weight is 342 g/mol.